The van der Waals surface area contributed by atoms with Crippen molar-refractivity contribution in [3.63, 3.8) is 0 Å². The van der Waals surface area contributed by atoms with Crippen molar-refractivity contribution in [3.8, 4) is 0 Å². The molecule has 0 aliphatic carbocycles. The van der Waals surface area contributed by atoms with Crippen molar-refractivity contribution in [1.82, 2.24) is 4.90 Å². The van der Waals surface area contributed by atoms with Crippen LogP contribution in [0.1, 0.15) is 31.4 Å². The second kappa shape index (κ2) is 6.23. The maximum absolute atomic E-state index is 6.08. The normalized spacial score (nSPS) is 25.5. The van der Waals surface area contributed by atoms with Crippen LogP contribution in [0.4, 0.5) is 0 Å². The van der Waals surface area contributed by atoms with Crippen LogP contribution >= 0.6 is 11.6 Å². The predicted octanol–water partition coefficient (Wildman–Crippen LogP) is 2.84. The summed E-state index contributed by atoms with van der Waals surface area (Å²) in [6.45, 7) is 4.37. The molecule has 0 spiro atoms. The van der Waals surface area contributed by atoms with Crippen LogP contribution in [0.15, 0.2) is 24.3 Å². The summed E-state index contributed by atoms with van der Waals surface area (Å²) in [7, 11) is 2.13. The average molecular weight is 283 g/mol. The van der Waals surface area contributed by atoms with Gasteiger partial charge in [0, 0.05) is 24.2 Å². The van der Waals surface area contributed by atoms with Crippen LogP contribution < -0.4 is 5.73 Å². The van der Waals surface area contributed by atoms with Gasteiger partial charge in [0.05, 0.1) is 12.1 Å². The van der Waals surface area contributed by atoms with Crippen molar-refractivity contribution in [3.05, 3.63) is 34.9 Å². The highest BCUT2D eigenvalue weighted by Gasteiger charge is 2.38. The molecule has 1 aliphatic heterocycles. The topological polar surface area (TPSA) is 38.5 Å². The molecule has 2 rings (SSSR count). The van der Waals surface area contributed by atoms with Gasteiger partial charge in [-0.3, -0.25) is 4.90 Å². The highest BCUT2D eigenvalue weighted by molar-refractivity contribution is 6.30. The Bertz CT molecular complexity index is 418. The van der Waals surface area contributed by atoms with Crippen molar-refractivity contribution >= 4 is 11.6 Å². The van der Waals surface area contributed by atoms with E-state index in [2.05, 4.69) is 24.9 Å². The summed E-state index contributed by atoms with van der Waals surface area (Å²) < 4.78 is 5.66. The Labute approximate surface area is 120 Å². The lowest BCUT2D eigenvalue weighted by Gasteiger charge is -2.46. The van der Waals surface area contributed by atoms with E-state index in [1.54, 1.807) is 0 Å². The van der Waals surface area contributed by atoms with Gasteiger partial charge in [-0.2, -0.15) is 0 Å². The average Bonchev–Trinajstić information content (AvgIpc) is 2.46. The Morgan fingerprint density at radius 3 is 2.89 bits per heavy atom. The first-order chi connectivity index (χ1) is 9.09. The van der Waals surface area contributed by atoms with Crippen molar-refractivity contribution < 1.29 is 4.74 Å². The zero-order chi connectivity index (χ0) is 13.9. The summed E-state index contributed by atoms with van der Waals surface area (Å²) in [4.78, 5) is 2.35. The lowest BCUT2D eigenvalue weighted by molar-refractivity contribution is -0.0488. The van der Waals surface area contributed by atoms with E-state index in [0.717, 1.165) is 24.5 Å². The van der Waals surface area contributed by atoms with Crippen LogP contribution in [0, 0.1) is 0 Å². The van der Waals surface area contributed by atoms with E-state index in [9.17, 15) is 0 Å². The number of nitrogens with two attached hydrogens (primary N) is 1. The maximum atomic E-state index is 6.08. The third-order valence-electron chi connectivity index (χ3n) is 4.34. The SMILES string of the molecule is CC(c1cccc(Cl)c1)N(C)C1(CN)CCCOC1. The van der Waals surface area contributed by atoms with Crippen LogP contribution in [0.5, 0.6) is 0 Å². The molecule has 2 unspecified atom stereocenters. The van der Waals surface area contributed by atoms with Crippen LogP contribution in [0.25, 0.3) is 0 Å². The molecule has 19 heavy (non-hydrogen) atoms. The first-order valence-corrected chi connectivity index (χ1v) is 7.23. The third kappa shape index (κ3) is 3.11. The van der Waals surface area contributed by atoms with Gasteiger partial charge in [0.1, 0.15) is 0 Å². The fraction of sp³-hybridized carbons (Fsp3) is 0.600. The minimum atomic E-state index is -0.0556. The van der Waals surface area contributed by atoms with E-state index in [0.29, 0.717) is 13.2 Å². The molecule has 1 aromatic rings. The van der Waals surface area contributed by atoms with Gasteiger partial charge in [-0.15, -0.1) is 0 Å². The maximum Gasteiger partial charge on any atom is 0.0662 e. The van der Waals surface area contributed by atoms with E-state index < -0.39 is 0 Å². The molecule has 4 heteroatoms. The Morgan fingerprint density at radius 1 is 1.53 bits per heavy atom. The molecular formula is C15H23ClN2O. The minimum absolute atomic E-state index is 0.0556. The number of benzene rings is 1. The lowest BCUT2D eigenvalue weighted by atomic mass is 9.88. The molecule has 0 amide bonds. The van der Waals surface area contributed by atoms with Crippen LogP contribution in [0.2, 0.25) is 5.02 Å². The molecule has 1 saturated heterocycles. The third-order valence-corrected chi connectivity index (χ3v) is 4.58. The number of ether oxygens (including phenoxy) is 1. The van der Waals surface area contributed by atoms with Gasteiger partial charge < -0.3 is 10.5 Å². The summed E-state index contributed by atoms with van der Waals surface area (Å²) in [5.41, 5.74) is 7.20. The number of nitrogens with zero attached hydrogens (tertiary/aromatic N) is 1. The Balaban J connectivity index is 2.19. The van der Waals surface area contributed by atoms with Gasteiger partial charge in [-0.25, -0.2) is 0 Å². The van der Waals surface area contributed by atoms with E-state index in [4.69, 9.17) is 22.1 Å². The Kier molecular flexibility index (Phi) is 4.85. The van der Waals surface area contributed by atoms with Crippen LogP contribution in [0.3, 0.4) is 0 Å². The van der Waals surface area contributed by atoms with E-state index in [1.165, 1.54) is 5.56 Å². The van der Waals surface area contributed by atoms with E-state index in [1.807, 2.05) is 18.2 Å². The van der Waals surface area contributed by atoms with Gasteiger partial charge >= 0.3 is 0 Å². The molecule has 1 fully saturated rings. The second-order valence-corrected chi connectivity index (χ2v) is 5.86. The molecule has 2 atom stereocenters. The molecule has 0 aromatic heterocycles. The fourth-order valence-corrected chi connectivity index (χ4v) is 3.02. The number of hydrogen-bond acceptors (Lipinski definition) is 3. The number of hydrogen-bond donors (Lipinski definition) is 1. The Morgan fingerprint density at radius 2 is 2.32 bits per heavy atom. The first-order valence-electron chi connectivity index (χ1n) is 6.85. The Hall–Kier alpha value is -0.610. The van der Waals surface area contributed by atoms with Gasteiger partial charge in [0.25, 0.3) is 0 Å². The number of likely N-dealkylation sites (N-methyl/N-ethyl adjacent to an activating group) is 1. The second-order valence-electron chi connectivity index (χ2n) is 5.43. The molecule has 0 bridgehead atoms. The fourth-order valence-electron chi connectivity index (χ4n) is 2.82. The predicted molar refractivity (Wildman–Crippen MR) is 79.5 cm³/mol. The number of halogens is 1. The summed E-state index contributed by atoms with van der Waals surface area (Å²) in [5, 5.41) is 0.777. The standard InChI is InChI=1S/C15H23ClN2O/c1-12(13-5-3-6-14(16)9-13)18(2)15(10-17)7-4-8-19-11-15/h3,5-6,9,12H,4,7-8,10-11,17H2,1-2H3. The molecule has 1 aromatic carbocycles. The zero-order valence-electron chi connectivity index (χ0n) is 11.7. The lowest BCUT2D eigenvalue weighted by Crippen LogP contribution is -2.57. The highest BCUT2D eigenvalue weighted by atomic mass is 35.5. The molecule has 106 valence electrons. The van der Waals surface area contributed by atoms with Gasteiger partial charge in [-0.1, -0.05) is 23.7 Å². The van der Waals surface area contributed by atoms with Crippen LogP contribution in [-0.2, 0) is 4.74 Å². The van der Waals surface area contributed by atoms with E-state index in [-0.39, 0.29) is 11.6 Å². The molecular weight excluding hydrogens is 260 g/mol. The largest absolute Gasteiger partial charge is 0.379 e. The first kappa shape index (κ1) is 14.8. The van der Waals surface area contributed by atoms with Gasteiger partial charge in [0.2, 0.25) is 0 Å². The van der Waals surface area contributed by atoms with Crippen molar-refractivity contribution in [2.24, 2.45) is 5.73 Å². The van der Waals surface area contributed by atoms with Crippen molar-refractivity contribution in [2.45, 2.75) is 31.3 Å². The highest BCUT2D eigenvalue weighted by Crippen LogP contribution is 2.32. The monoisotopic (exact) mass is 282 g/mol. The number of rotatable bonds is 4. The zero-order valence-corrected chi connectivity index (χ0v) is 12.5. The minimum Gasteiger partial charge on any atom is -0.379 e. The molecule has 3 nitrogen and oxygen atoms in total. The molecule has 1 heterocycles. The molecule has 2 N–H and O–H groups in total. The van der Waals surface area contributed by atoms with Crippen molar-refractivity contribution in [1.29, 1.82) is 0 Å². The van der Waals surface area contributed by atoms with Gasteiger partial charge in [0.15, 0.2) is 0 Å². The summed E-state index contributed by atoms with van der Waals surface area (Å²) in [5.74, 6) is 0. The smallest absolute Gasteiger partial charge is 0.0662 e. The van der Waals surface area contributed by atoms with E-state index >= 15 is 0 Å². The molecule has 0 radical (unpaired) electrons. The van der Waals surface area contributed by atoms with Gasteiger partial charge in [-0.05, 0) is 44.5 Å². The summed E-state index contributed by atoms with van der Waals surface area (Å²) in [6.07, 6.45) is 2.16. The van der Waals surface area contributed by atoms with Crippen LogP contribution in [-0.4, -0.2) is 37.2 Å². The molecule has 0 saturated carbocycles. The molecule has 1 aliphatic rings. The summed E-state index contributed by atoms with van der Waals surface area (Å²) in [6, 6.07) is 8.30. The summed E-state index contributed by atoms with van der Waals surface area (Å²) >= 11 is 6.08. The van der Waals surface area contributed by atoms with Crippen molar-refractivity contribution in [2.75, 3.05) is 26.8 Å². The quantitative estimate of drug-likeness (QED) is 0.923.